The van der Waals surface area contributed by atoms with Gasteiger partial charge in [-0.05, 0) is 32.0 Å². The lowest BCUT2D eigenvalue weighted by molar-refractivity contribution is 0.297. The van der Waals surface area contributed by atoms with E-state index in [-0.39, 0.29) is 0 Å². The molecule has 0 bridgehead atoms. The average molecular weight is 303 g/mol. The molecule has 0 saturated heterocycles. The van der Waals surface area contributed by atoms with Crippen molar-refractivity contribution in [3.05, 3.63) is 29.6 Å². The molecule has 1 aliphatic rings. The van der Waals surface area contributed by atoms with Crippen LogP contribution in [0, 0.1) is 13.8 Å². The van der Waals surface area contributed by atoms with E-state index in [0.29, 0.717) is 24.9 Å². The highest BCUT2D eigenvalue weighted by Crippen LogP contribution is 2.37. The van der Waals surface area contributed by atoms with Crippen molar-refractivity contribution in [2.75, 3.05) is 18.9 Å². The molecule has 0 radical (unpaired) electrons. The van der Waals surface area contributed by atoms with Crippen molar-refractivity contribution in [2.24, 2.45) is 0 Å². The lowest BCUT2D eigenvalue weighted by Gasteiger charge is -2.11. The van der Waals surface area contributed by atoms with Gasteiger partial charge in [-0.3, -0.25) is 0 Å². The molecular formula is C15H17N3O2S. The molecule has 0 amide bonds. The van der Waals surface area contributed by atoms with Gasteiger partial charge in [-0.25, -0.2) is 9.97 Å². The molecule has 6 heteroatoms. The van der Waals surface area contributed by atoms with Gasteiger partial charge in [0.1, 0.15) is 16.7 Å². The summed E-state index contributed by atoms with van der Waals surface area (Å²) < 4.78 is 11.3. The van der Waals surface area contributed by atoms with Crippen molar-refractivity contribution >= 4 is 17.6 Å². The summed E-state index contributed by atoms with van der Waals surface area (Å²) in [6, 6.07) is 5.93. The number of aryl methyl sites for hydroxylation is 1. The summed E-state index contributed by atoms with van der Waals surface area (Å²) in [6.45, 7) is 5.15. The Balaban J connectivity index is 1.90. The van der Waals surface area contributed by atoms with Gasteiger partial charge < -0.3 is 15.2 Å². The van der Waals surface area contributed by atoms with Gasteiger partial charge in [0.25, 0.3) is 0 Å². The number of aromatic nitrogens is 2. The number of ether oxygens (including phenoxy) is 2. The maximum Gasteiger partial charge on any atom is 0.162 e. The van der Waals surface area contributed by atoms with E-state index in [9.17, 15) is 0 Å². The number of anilines is 1. The fourth-order valence-electron chi connectivity index (χ4n) is 2.04. The van der Waals surface area contributed by atoms with Crippen LogP contribution in [0.5, 0.6) is 11.5 Å². The Hall–Kier alpha value is -1.95. The van der Waals surface area contributed by atoms with E-state index in [0.717, 1.165) is 33.4 Å². The minimum Gasteiger partial charge on any atom is -0.490 e. The third kappa shape index (κ3) is 3.05. The number of fused-ring (bicyclic) bond motifs is 1. The van der Waals surface area contributed by atoms with Crippen LogP contribution in [0.1, 0.15) is 17.8 Å². The number of hydrogen-bond donors (Lipinski definition) is 1. The lowest BCUT2D eigenvalue weighted by Crippen LogP contribution is -2.01. The van der Waals surface area contributed by atoms with Crippen molar-refractivity contribution in [2.45, 2.75) is 30.2 Å². The normalized spacial score (nSPS) is 13.8. The van der Waals surface area contributed by atoms with E-state index < -0.39 is 0 Å². The summed E-state index contributed by atoms with van der Waals surface area (Å²) in [5.41, 5.74) is 6.80. The largest absolute Gasteiger partial charge is 0.490 e. The zero-order valence-electron chi connectivity index (χ0n) is 12.0. The first-order valence-electron chi connectivity index (χ1n) is 6.81. The van der Waals surface area contributed by atoms with Crippen LogP contribution in [-0.4, -0.2) is 23.2 Å². The second kappa shape index (κ2) is 5.81. The van der Waals surface area contributed by atoms with E-state index in [2.05, 4.69) is 9.97 Å². The van der Waals surface area contributed by atoms with Crippen molar-refractivity contribution in [3.8, 4) is 11.5 Å². The summed E-state index contributed by atoms with van der Waals surface area (Å²) in [5, 5.41) is 0.870. The van der Waals surface area contributed by atoms with Crippen molar-refractivity contribution in [1.82, 2.24) is 9.97 Å². The highest BCUT2D eigenvalue weighted by molar-refractivity contribution is 7.99. The Kier molecular flexibility index (Phi) is 3.88. The summed E-state index contributed by atoms with van der Waals surface area (Å²) in [7, 11) is 0. The Morgan fingerprint density at radius 2 is 1.86 bits per heavy atom. The number of nitrogens with two attached hydrogens (primary N) is 1. The molecular weight excluding hydrogens is 286 g/mol. The molecule has 5 nitrogen and oxygen atoms in total. The molecule has 2 heterocycles. The standard InChI is InChI=1S/C15H17N3O2S/c1-9-14(16)17-10(2)18-15(9)21-11-4-5-12-13(8-11)20-7-3-6-19-12/h4-5,8H,3,6-7H2,1-2H3,(H2,16,17,18). The number of benzene rings is 1. The first kappa shape index (κ1) is 14.0. The monoisotopic (exact) mass is 303 g/mol. The maximum absolute atomic E-state index is 5.90. The summed E-state index contributed by atoms with van der Waals surface area (Å²) in [4.78, 5) is 9.67. The SMILES string of the molecule is Cc1nc(N)c(C)c(Sc2ccc3c(c2)OCCCO3)n1. The van der Waals surface area contributed by atoms with Gasteiger partial charge in [0, 0.05) is 16.9 Å². The number of nitrogens with zero attached hydrogens (tertiary/aromatic N) is 2. The van der Waals surface area contributed by atoms with Crippen LogP contribution in [0.4, 0.5) is 5.82 Å². The topological polar surface area (TPSA) is 70.3 Å². The van der Waals surface area contributed by atoms with Crippen LogP contribution in [0.3, 0.4) is 0 Å². The van der Waals surface area contributed by atoms with Crippen LogP contribution < -0.4 is 15.2 Å². The van der Waals surface area contributed by atoms with Crippen molar-refractivity contribution < 1.29 is 9.47 Å². The molecule has 0 aliphatic carbocycles. The van der Waals surface area contributed by atoms with Gasteiger partial charge in [0.15, 0.2) is 11.5 Å². The maximum atomic E-state index is 5.90. The lowest BCUT2D eigenvalue weighted by atomic mass is 10.3. The molecule has 21 heavy (non-hydrogen) atoms. The van der Waals surface area contributed by atoms with E-state index in [1.165, 1.54) is 0 Å². The second-order valence-corrected chi connectivity index (χ2v) is 5.91. The van der Waals surface area contributed by atoms with Crippen molar-refractivity contribution in [3.63, 3.8) is 0 Å². The number of hydrogen-bond acceptors (Lipinski definition) is 6. The molecule has 0 saturated carbocycles. The van der Waals surface area contributed by atoms with Crippen LogP contribution in [0.2, 0.25) is 0 Å². The Morgan fingerprint density at radius 3 is 2.67 bits per heavy atom. The molecule has 3 rings (SSSR count). The molecule has 1 aromatic carbocycles. The fourth-order valence-corrected chi connectivity index (χ4v) is 3.00. The van der Waals surface area contributed by atoms with Gasteiger partial charge in [-0.2, -0.15) is 0 Å². The molecule has 2 aromatic rings. The Morgan fingerprint density at radius 1 is 1.10 bits per heavy atom. The van der Waals surface area contributed by atoms with Crippen LogP contribution in [0.15, 0.2) is 28.1 Å². The molecule has 0 unspecified atom stereocenters. The average Bonchev–Trinajstić information content (AvgIpc) is 2.69. The smallest absolute Gasteiger partial charge is 0.162 e. The fraction of sp³-hybridized carbons (Fsp3) is 0.333. The Labute approximate surface area is 127 Å². The summed E-state index contributed by atoms with van der Waals surface area (Å²) in [5.74, 6) is 2.79. The minimum atomic E-state index is 0.527. The molecule has 0 spiro atoms. The van der Waals surface area contributed by atoms with Gasteiger partial charge >= 0.3 is 0 Å². The third-order valence-corrected chi connectivity index (χ3v) is 4.26. The molecule has 1 aromatic heterocycles. The third-order valence-electron chi connectivity index (χ3n) is 3.18. The van der Waals surface area contributed by atoms with Crippen LogP contribution in [-0.2, 0) is 0 Å². The molecule has 0 fully saturated rings. The number of rotatable bonds is 2. The second-order valence-electron chi connectivity index (χ2n) is 4.85. The molecule has 2 N–H and O–H groups in total. The molecule has 1 aliphatic heterocycles. The predicted molar refractivity (Wildman–Crippen MR) is 82.1 cm³/mol. The first-order valence-corrected chi connectivity index (χ1v) is 7.63. The van der Waals surface area contributed by atoms with E-state index in [1.807, 2.05) is 32.0 Å². The summed E-state index contributed by atoms with van der Waals surface area (Å²) >= 11 is 1.56. The van der Waals surface area contributed by atoms with Gasteiger partial charge in [-0.1, -0.05) is 11.8 Å². The van der Waals surface area contributed by atoms with Gasteiger partial charge in [-0.15, -0.1) is 0 Å². The molecule has 110 valence electrons. The first-order chi connectivity index (χ1) is 10.1. The highest BCUT2D eigenvalue weighted by atomic mass is 32.2. The predicted octanol–water partition coefficient (Wildman–Crippen LogP) is 2.99. The summed E-state index contributed by atoms with van der Waals surface area (Å²) in [6.07, 6.45) is 0.901. The zero-order chi connectivity index (χ0) is 14.8. The van der Waals surface area contributed by atoms with E-state index in [4.69, 9.17) is 15.2 Å². The van der Waals surface area contributed by atoms with Crippen LogP contribution in [0.25, 0.3) is 0 Å². The van der Waals surface area contributed by atoms with E-state index in [1.54, 1.807) is 11.8 Å². The number of nitrogen functional groups attached to an aromatic ring is 1. The quantitative estimate of drug-likeness (QED) is 0.860. The Bertz CT molecular complexity index is 676. The molecule has 0 atom stereocenters. The van der Waals surface area contributed by atoms with Crippen LogP contribution >= 0.6 is 11.8 Å². The minimum absolute atomic E-state index is 0.527. The highest BCUT2D eigenvalue weighted by Gasteiger charge is 2.13. The van der Waals surface area contributed by atoms with Crippen molar-refractivity contribution in [1.29, 1.82) is 0 Å². The zero-order valence-corrected chi connectivity index (χ0v) is 12.9. The van der Waals surface area contributed by atoms with Gasteiger partial charge in [0.05, 0.1) is 13.2 Å². The van der Waals surface area contributed by atoms with E-state index >= 15 is 0 Å². The van der Waals surface area contributed by atoms with Gasteiger partial charge in [0.2, 0.25) is 0 Å².